The van der Waals surface area contributed by atoms with Gasteiger partial charge in [0.1, 0.15) is 6.10 Å². The standard InChI is InChI=1S/C19H23N3O4/c1-13-8-15(20-21(13)2)11-22(19(23)17-4-3-7-24-17)10-14-5-6-16-18(9-14)26-12-25-16/h5-6,8-9,17H,3-4,7,10-12H2,1-2H3. The first-order chi connectivity index (χ1) is 12.6. The molecule has 2 aliphatic rings. The quantitative estimate of drug-likeness (QED) is 0.820. The van der Waals surface area contributed by atoms with Crippen LogP contribution in [0.25, 0.3) is 0 Å². The Hall–Kier alpha value is -2.54. The Labute approximate surface area is 152 Å². The first kappa shape index (κ1) is 16.9. The van der Waals surface area contributed by atoms with Crippen LogP contribution in [0.4, 0.5) is 0 Å². The third kappa shape index (κ3) is 3.39. The van der Waals surface area contributed by atoms with Gasteiger partial charge >= 0.3 is 0 Å². The second-order valence-corrected chi connectivity index (χ2v) is 6.78. The molecule has 1 amide bonds. The van der Waals surface area contributed by atoms with Crippen LogP contribution in [0.15, 0.2) is 24.3 Å². The molecule has 2 aromatic rings. The number of ether oxygens (including phenoxy) is 3. The molecule has 0 aliphatic carbocycles. The lowest BCUT2D eigenvalue weighted by Crippen LogP contribution is -2.38. The number of aryl methyl sites for hydroxylation is 2. The molecule has 0 spiro atoms. The summed E-state index contributed by atoms with van der Waals surface area (Å²) in [5.74, 6) is 1.48. The average Bonchev–Trinajstić information content (AvgIpc) is 3.36. The highest BCUT2D eigenvalue weighted by molar-refractivity contribution is 5.81. The highest BCUT2D eigenvalue weighted by atomic mass is 16.7. The lowest BCUT2D eigenvalue weighted by molar-refractivity contribution is -0.142. The largest absolute Gasteiger partial charge is 0.454 e. The molecule has 1 fully saturated rings. The van der Waals surface area contributed by atoms with E-state index in [0.717, 1.165) is 41.3 Å². The van der Waals surface area contributed by atoms with Gasteiger partial charge in [0.05, 0.1) is 12.2 Å². The molecule has 2 aliphatic heterocycles. The zero-order valence-corrected chi connectivity index (χ0v) is 15.1. The van der Waals surface area contributed by atoms with Crippen molar-refractivity contribution >= 4 is 5.91 Å². The van der Waals surface area contributed by atoms with Gasteiger partial charge in [-0.25, -0.2) is 0 Å². The monoisotopic (exact) mass is 357 g/mol. The number of nitrogens with zero attached hydrogens (tertiary/aromatic N) is 3. The molecule has 7 nitrogen and oxygen atoms in total. The van der Waals surface area contributed by atoms with Crippen LogP contribution in [0.5, 0.6) is 11.5 Å². The third-order valence-corrected chi connectivity index (χ3v) is 4.84. The lowest BCUT2D eigenvalue weighted by atomic mass is 10.1. The molecular formula is C19H23N3O4. The van der Waals surface area contributed by atoms with Gasteiger partial charge in [0.25, 0.3) is 5.91 Å². The van der Waals surface area contributed by atoms with Gasteiger partial charge < -0.3 is 19.1 Å². The van der Waals surface area contributed by atoms with E-state index in [-0.39, 0.29) is 18.8 Å². The van der Waals surface area contributed by atoms with Crippen LogP contribution in [0, 0.1) is 6.92 Å². The molecule has 4 rings (SSSR count). The zero-order chi connectivity index (χ0) is 18.1. The maximum atomic E-state index is 13.0. The summed E-state index contributed by atoms with van der Waals surface area (Å²) in [5, 5.41) is 4.50. The van der Waals surface area contributed by atoms with Gasteiger partial charge in [-0.3, -0.25) is 9.48 Å². The van der Waals surface area contributed by atoms with Crippen LogP contribution in [-0.2, 0) is 29.7 Å². The molecule has 7 heteroatoms. The van der Waals surface area contributed by atoms with Crippen LogP contribution >= 0.6 is 0 Å². The number of benzene rings is 1. The van der Waals surface area contributed by atoms with Crippen molar-refractivity contribution < 1.29 is 19.0 Å². The molecule has 0 bridgehead atoms. The Bertz CT molecular complexity index is 792. The number of carbonyl (C=O) groups is 1. The molecule has 1 aromatic carbocycles. The fourth-order valence-electron chi connectivity index (χ4n) is 3.36. The van der Waals surface area contributed by atoms with Crippen LogP contribution in [0.1, 0.15) is 29.8 Å². The summed E-state index contributed by atoms with van der Waals surface area (Å²) < 4.78 is 18.3. The number of hydrogen-bond donors (Lipinski definition) is 0. The Morgan fingerprint density at radius 1 is 1.27 bits per heavy atom. The smallest absolute Gasteiger partial charge is 0.252 e. The second-order valence-electron chi connectivity index (χ2n) is 6.78. The number of fused-ring (bicyclic) bond motifs is 1. The zero-order valence-electron chi connectivity index (χ0n) is 15.1. The Morgan fingerprint density at radius 2 is 2.12 bits per heavy atom. The van der Waals surface area contributed by atoms with Crippen LogP contribution in [0.2, 0.25) is 0 Å². The summed E-state index contributed by atoms with van der Waals surface area (Å²) in [5.41, 5.74) is 2.93. The summed E-state index contributed by atoms with van der Waals surface area (Å²) in [4.78, 5) is 14.8. The molecule has 1 aromatic heterocycles. The minimum Gasteiger partial charge on any atom is -0.454 e. The van der Waals surface area contributed by atoms with Crippen molar-refractivity contribution in [2.24, 2.45) is 7.05 Å². The lowest BCUT2D eigenvalue weighted by Gasteiger charge is -2.25. The topological polar surface area (TPSA) is 65.8 Å². The molecule has 0 N–H and O–H groups in total. The van der Waals surface area contributed by atoms with E-state index < -0.39 is 0 Å². The van der Waals surface area contributed by atoms with Crippen LogP contribution in [-0.4, -0.2) is 40.1 Å². The van der Waals surface area contributed by atoms with Gasteiger partial charge in [-0.1, -0.05) is 6.07 Å². The highest BCUT2D eigenvalue weighted by Crippen LogP contribution is 2.33. The molecule has 3 heterocycles. The minimum atomic E-state index is -0.353. The van der Waals surface area contributed by atoms with Crippen LogP contribution < -0.4 is 9.47 Å². The van der Waals surface area contributed by atoms with Gasteiger partial charge in [-0.2, -0.15) is 5.10 Å². The SMILES string of the molecule is Cc1cc(CN(Cc2ccc3c(c2)OCO3)C(=O)C2CCCO2)nn1C. The molecule has 0 radical (unpaired) electrons. The Morgan fingerprint density at radius 3 is 2.85 bits per heavy atom. The van der Waals surface area contributed by atoms with E-state index >= 15 is 0 Å². The van der Waals surface area contributed by atoms with Crippen molar-refractivity contribution in [3.63, 3.8) is 0 Å². The van der Waals surface area contributed by atoms with Crippen molar-refractivity contribution in [2.75, 3.05) is 13.4 Å². The predicted octanol–water partition coefficient (Wildman–Crippen LogP) is 2.17. The van der Waals surface area contributed by atoms with E-state index in [9.17, 15) is 4.79 Å². The molecule has 1 unspecified atom stereocenters. The fourth-order valence-corrected chi connectivity index (χ4v) is 3.36. The van der Waals surface area contributed by atoms with Gasteiger partial charge in [0.15, 0.2) is 11.5 Å². The van der Waals surface area contributed by atoms with Gasteiger partial charge in [-0.05, 0) is 43.5 Å². The van der Waals surface area contributed by atoms with E-state index in [0.29, 0.717) is 19.7 Å². The van der Waals surface area contributed by atoms with Crippen molar-refractivity contribution in [1.82, 2.24) is 14.7 Å². The summed E-state index contributed by atoms with van der Waals surface area (Å²) in [6, 6.07) is 7.79. The fraction of sp³-hybridized carbons (Fsp3) is 0.474. The van der Waals surface area contributed by atoms with Gasteiger partial charge in [0, 0.05) is 25.9 Å². The number of hydrogen-bond acceptors (Lipinski definition) is 5. The first-order valence-corrected chi connectivity index (χ1v) is 8.88. The van der Waals surface area contributed by atoms with Crippen molar-refractivity contribution in [1.29, 1.82) is 0 Å². The number of carbonyl (C=O) groups excluding carboxylic acids is 1. The van der Waals surface area contributed by atoms with E-state index in [1.807, 2.05) is 47.8 Å². The van der Waals surface area contributed by atoms with Crippen molar-refractivity contribution in [2.45, 2.75) is 39.0 Å². The van der Waals surface area contributed by atoms with E-state index in [2.05, 4.69) is 5.10 Å². The molecular weight excluding hydrogens is 334 g/mol. The molecule has 0 saturated carbocycles. The van der Waals surface area contributed by atoms with Crippen molar-refractivity contribution in [3.05, 3.63) is 41.2 Å². The van der Waals surface area contributed by atoms with E-state index in [4.69, 9.17) is 14.2 Å². The molecule has 138 valence electrons. The first-order valence-electron chi connectivity index (χ1n) is 8.88. The number of rotatable bonds is 5. The van der Waals surface area contributed by atoms with Crippen molar-refractivity contribution in [3.8, 4) is 11.5 Å². The second kappa shape index (κ2) is 6.99. The minimum absolute atomic E-state index is 0.0171. The molecule has 1 saturated heterocycles. The van der Waals surface area contributed by atoms with Gasteiger partial charge in [-0.15, -0.1) is 0 Å². The van der Waals surface area contributed by atoms with E-state index in [1.54, 1.807) is 0 Å². The van der Waals surface area contributed by atoms with E-state index in [1.165, 1.54) is 0 Å². The normalized spacial score (nSPS) is 18.3. The Balaban J connectivity index is 1.55. The summed E-state index contributed by atoms with van der Waals surface area (Å²) in [6.45, 7) is 3.82. The summed E-state index contributed by atoms with van der Waals surface area (Å²) in [6.07, 6.45) is 1.35. The third-order valence-electron chi connectivity index (χ3n) is 4.84. The number of aromatic nitrogens is 2. The Kier molecular flexibility index (Phi) is 4.55. The number of amides is 1. The maximum Gasteiger partial charge on any atom is 0.252 e. The highest BCUT2D eigenvalue weighted by Gasteiger charge is 2.29. The molecule has 1 atom stereocenters. The maximum absolute atomic E-state index is 13.0. The molecule has 26 heavy (non-hydrogen) atoms. The summed E-state index contributed by atoms with van der Waals surface area (Å²) >= 11 is 0. The average molecular weight is 357 g/mol. The predicted molar refractivity (Wildman–Crippen MR) is 93.7 cm³/mol. The summed E-state index contributed by atoms with van der Waals surface area (Å²) in [7, 11) is 1.91. The van der Waals surface area contributed by atoms with Crippen LogP contribution in [0.3, 0.4) is 0 Å². The van der Waals surface area contributed by atoms with Gasteiger partial charge in [0.2, 0.25) is 6.79 Å².